The van der Waals surface area contributed by atoms with Crippen LogP contribution >= 0.6 is 0 Å². The number of aliphatic carboxylic acids is 1. The number of aryl methyl sites for hydroxylation is 1. The molecule has 18 heavy (non-hydrogen) atoms. The van der Waals surface area contributed by atoms with Gasteiger partial charge >= 0.3 is 5.97 Å². The zero-order valence-electron chi connectivity index (χ0n) is 10.2. The van der Waals surface area contributed by atoms with Gasteiger partial charge in [0, 0.05) is 0 Å². The number of nitrogens with zero attached hydrogens (tertiary/aromatic N) is 1. The zero-order chi connectivity index (χ0) is 13.7. The summed E-state index contributed by atoms with van der Waals surface area (Å²) in [4.78, 5) is 33.8. The van der Waals surface area contributed by atoms with Gasteiger partial charge in [-0.15, -0.1) is 0 Å². The maximum Gasteiger partial charge on any atom is 0.322 e. The Morgan fingerprint density at radius 1 is 1.33 bits per heavy atom. The summed E-state index contributed by atoms with van der Waals surface area (Å²) >= 11 is 0. The smallest absolute Gasteiger partial charge is 0.322 e. The molecule has 0 aliphatic heterocycles. The van der Waals surface area contributed by atoms with E-state index in [1.807, 2.05) is 13.8 Å². The molecule has 0 unspecified atom stereocenters. The molecule has 1 amide bonds. The van der Waals surface area contributed by atoms with Gasteiger partial charge in [-0.3, -0.25) is 14.4 Å². The summed E-state index contributed by atoms with van der Waals surface area (Å²) in [6.07, 6.45) is 1.06. The first-order valence-electron chi connectivity index (χ1n) is 5.61. The summed E-state index contributed by atoms with van der Waals surface area (Å²) in [5.74, 6) is -1.85. The Labute approximate surface area is 103 Å². The first-order valence-corrected chi connectivity index (χ1v) is 5.61. The van der Waals surface area contributed by atoms with Gasteiger partial charge in [-0.25, -0.2) is 5.10 Å². The summed E-state index contributed by atoms with van der Waals surface area (Å²) in [6, 6.07) is 0. The number of carbonyl (C=O) groups excluding carboxylic acids is 1. The third-order valence-corrected chi connectivity index (χ3v) is 2.49. The third kappa shape index (κ3) is 2.93. The van der Waals surface area contributed by atoms with Crippen molar-refractivity contribution in [1.82, 2.24) is 15.5 Å². The minimum absolute atomic E-state index is 0.0504. The minimum Gasteiger partial charge on any atom is -0.480 e. The molecule has 98 valence electrons. The van der Waals surface area contributed by atoms with Crippen molar-refractivity contribution < 1.29 is 14.7 Å². The van der Waals surface area contributed by atoms with E-state index in [4.69, 9.17) is 5.11 Å². The normalized spacial score (nSPS) is 10.1. The predicted molar refractivity (Wildman–Crippen MR) is 63.6 cm³/mol. The molecular formula is C11H15N3O4. The van der Waals surface area contributed by atoms with Gasteiger partial charge in [0.25, 0.3) is 11.5 Å². The Balaban J connectivity index is 3.17. The van der Waals surface area contributed by atoms with Crippen LogP contribution in [0.15, 0.2) is 4.79 Å². The van der Waals surface area contributed by atoms with Crippen LogP contribution in [0.2, 0.25) is 0 Å². The van der Waals surface area contributed by atoms with E-state index in [2.05, 4.69) is 15.5 Å². The van der Waals surface area contributed by atoms with Crippen molar-refractivity contribution in [3.63, 3.8) is 0 Å². The van der Waals surface area contributed by atoms with Crippen molar-refractivity contribution >= 4 is 11.9 Å². The number of amides is 1. The van der Waals surface area contributed by atoms with E-state index in [0.29, 0.717) is 24.1 Å². The molecule has 0 aromatic carbocycles. The molecule has 0 aliphatic rings. The molecule has 0 saturated heterocycles. The maximum absolute atomic E-state index is 11.8. The standard InChI is InChI=1S/C11H15N3O4/c1-3-6-7(4-2)13-14-11(18)9(6)10(17)12-5-8(15)16/h3-5H2,1-2H3,(H,12,17)(H,14,18)(H,15,16). The van der Waals surface area contributed by atoms with Gasteiger partial charge in [-0.2, -0.15) is 5.10 Å². The number of hydrogen-bond donors (Lipinski definition) is 3. The number of carbonyl (C=O) groups is 2. The highest BCUT2D eigenvalue weighted by Crippen LogP contribution is 2.09. The summed E-state index contributed by atoms with van der Waals surface area (Å²) in [5, 5.41) is 16.8. The molecule has 1 aromatic heterocycles. The van der Waals surface area contributed by atoms with E-state index >= 15 is 0 Å². The highest BCUT2D eigenvalue weighted by molar-refractivity contribution is 5.96. The Morgan fingerprint density at radius 2 is 2.00 bits per heavy atom. The van der Waals surface area contributed by atoms with Crippen molar-refractivity contribution in [2.75, 3.05) is 6.54 Å². The molecule has 7 heteroatoms. The van der Waals surface area contributed by atoms with E-state index in [1.165, 1.54) is 0 Å². The number of carboxylic acids is 1. The predicted octanol–water partition coefficient (Wildman–Crippen LogP) is -0.291. The molecule has 0 spiro atoms. The Morgan fingerprint density at radius 3 is 2.50 bits per heavy atom. The fraction of sp³-hybridized carbons (Fsp3) is 0.455. The largest absolute Gasteiger partial charge is 0.480 e. The summed E-state index contributed by atoms with van der Waals surface area (Å²) in [5.41, 5.74) is 0.541. The number of nitrogens with one attached hydrogen (secondary N) is 2. The maximum atomic E-state index is 11.8. The van der Waals surface area contributed by atoms with E-state index in [0.717, 1.165) is 0 Å². The number of carboxylic acid groups (broad SMARTS) is 1. The van der Waals surface area contributed by atoms with Crippen molar-refractivity contribution in [3.05, 3.63) is 27.2 Å². The Kier molecular flexibility index (Phi) is 4.59. The first-order chi connectivity index (χ1) is 8.51. The highest BCUT2D eigenvalue weighted by Gasteiger charge is 2.19. The molecule has 0 bridgehead atoms. The SMILES string of the molecule is CCc1n[nH]c(=O)c(C(=O)NCC(=O)O)c1CC. The third-order valence-electron chi connectivity index (χ3n) is 2.49. The second-order valence-electron chi connectivity index (χ2n) is 3.64. The number of aromatic amines is 1. The fourth-order valence-corrected chi connectivity index (χ4v) is 1.68. The molecule has 0 atom stereocenters. The van der Waals surface area contributed by atoms with Crippen LogP contribution in [0, 0.1) is 0 Å². The molecule has 0 fully saturated rings. The van der Waals surface area contributed by atoms with Crippen LogP contribution in [0.1, 0.15) is 35.5 Å². The van der Waals surface area contributed by atoms with Gasteiger partial charge in [-0.1, -0.05) is 13.8 Å². The Bertz CT molecular complexity index is 522. The lowest BCUT2D eigenvalue weighted by Gasteiger charge is -2.09. The van der Waals surface area contributed by atoms with Crippen LogP contribution in [-0.2, 0) is 17.6 Å². The second kappa shape index (κ2) is 5.95. The lowest BCUT2D eigenvalue weighted by atomic mass is 10.0. The summed E-state index contributed by atoms with van der Waals surface area (Å²) < 4.78 is 0. The van der Waals surface area contributed by atoms with Gasteiger partial charge in [0.15, 0.2) is 0 Å². The topological polar surface area (TPSA) is 112 Å². The quantitative estimate of drug-likeness (QED) is 0.667. The van der Waals surface area contributed by atoms with E-state index in [1.54, 1.807) is 0 Å². The summed E-state index contributed by atoms with van der Waals surface area (Å²) in [6.45, 7) is 3.15. The van der Waals surface area contributed by atoms with Crippen LogP contribution in [0.25, 0.3) is 0 Å². The Hall–Kier alpha value is -2.18. The molecule has 0 saturated carbocycles. The summed E-state index contributed by atoms with van der Waals surface area (Å²) in [7, 11) is 0. The van der Waals surface area contributed by atoms with Gasteiger partial charge in [0.2, 0.25) is 0 Å². The van der Waals surface area contributed by atoms with Crippen LogP contribution in [-0.4, -0.2) is 33.7 Å². The second-order valence-corrected chi connectivity index (χ2v) is 3.64. The van der Waals surface area contributed by atoms with Gasteiger partial charge in [-0.05, 0) is 18.4 Å². The van der Waals surface area contributed by atoms with Crippen molar-refractivity contribution in [1.29, 1.82) is 0 Å². The zero-order valence-corrected chi connectivity index (χ0v) is 10.2. The number of aromatic nitrogens is 2. The van der Waals surface area contributed by atoms with Gasteiger partial charge in [0.1, 0.15) is 12.1 Å². The van der Waals surface area contributed by atoms with Crippen molar-refractivity contribution in [2.24, 2.45) is 0 Å². The van der Waals surface area contributed by atoms with Crippen molar-refractivity contribution in [2.45, 2.75) is 26.7 Å². The monoisotopic (exact) mass is 253 g/mol. The van der Waals surface area contributed by atoms with E-state index in [-0.39, 0.29) is 5.56 Å². The van der Waals surface area contributed by atoms with Gasteiger partial charge < -0.3 is 10.4 Å². The van der Waals surface area contributed by atoms with E-state index in [9.17, 15) is 14.4 Å². The average molecular weight is 253 g/mol. The fourth-order valence-electron chi connectivity index (χ4n) is 1.68. The molecule has 1 aromatic rings. The van der Waals surface area contributed by atoms with E-state index < -0.39 is 24.0 Å². The minimum atomic E-state index is -1.16. The molecular weight excluding hydrogens is 238 g/mol. The molecule has 0 aliphatic carbocycles. The molecule has 1 rings (SSSR count). The molecule has 3 N–H and O–H groups in total. The first kappa shape index (κ1) is 13.9. The lowest BCUT2D eigenvalue weighted by molar-refractivity contribution is -0.135. The lowest BCUT2D eigenvalue weighted by Crippen LogP contribution is -2.35. The molecule has 0 radical (unpaired) electrons. The van der Waals surface area contributed by atoms with Crippen molar-refractivity contribution in [3.8, 4) is 0 Å². The number of H-pyrrole nitrogens is 1. The number of hydrogen-bond acceptors (Lipinski definition) is 4. The highest BCUT2D eigenvalue weighted by atomic mass is 16.4. The van der Waals surface area contributed by atoms with Crippen LogP contribution in [0.3, 0.4) is 0 Å². The van der Waals surface area contributed by atoms with Crippen LogP contribution in [0.4, 0.5) is 0 Å². The molecule has 7 nitrogen and oxygen atoms in total. The van der Waals surface area contributed by atoms with Crippen LogP contribution < -0.4 is 10.9 Å². The molecule has 1 heterocycles. The number of rotatable bonds is 5. The van der Waals surface area contributed by atoms with Gasteiger partial charge in [0.05, 0.1) is 5.69 Å². The average Bonchev–Trinajstić information content (AvgIpc) is 2.35. The van der Waals surface area contributed by atoms with Crippen LogP contribution in [0.5, 0.6) is 0 Å².